The largest absolute Gasteiger partial charge is 0.314 e. The summed E-state index contributed by atoms with van der Waals surface area (Å²) < 4.78 is 27.2. The Morgan fingerprint density at radius 1 is 1.29 bits per heavy atom. The van der Waals surface area contributed by atoms with Gasteiger partial charge in [-0.2, -0.15) is 4.31 Å². The molecule has 1 heterocycles. The lowest BCUT2D eigenvalue weighted by atomic mass is 10.2. The van der Waals surface area contributed by atoms with E-state index in [-0.39, 0.29) is 0 Å². The summed E-state index contributed by atoms with van der Waals surface area (Å²) in [5.41, 5.74) is 0.776. The second-order valence-corrected chi connectivity index (χ2v) is 6.89. The number of hydrogen-bond acceptors (Lipinski definition) is 3. The van der Waals surface area contributed by atoms with Crippen LogP contribution >= 0.6 is 15.9 Å². The molecule has 0 aliphatic carbocycles. The molecule has 0 amide bonds. The minimum Gasteiger partial charge on any atom is -0.314 e. The van der Waals surface area contributed by atoms with E-state index in [2.05, 4.69) is 21.2 Å². The molecule has 0 atom stereocenters. The van der Waals surface area contributed by atoms with Gasteiger partial charge < -0.3 is 5.32 Å². The minimum absolute atomic E-state index is 0.405. The Hall–Kier alpha value is -0.430. The zero-order valence-electron chi connectivity index (χ0n) is 9.61. The van der Waals surface area contributed by atoms with Gasteiger partial charge in [-0.15, -0.1) is 0 Å². The molecule has 1 N–H and O–H groups in total. The topological polar surface area (TPSA) is 49.4 Å². The van der Waals surface area contributed by atoms with Gasteiger partial charge in [0.15, 0.2) is 0 Å². The van der Waals surface area contributed by atoms with E-state index in [1.165, 1.54) is 0 Å². The number of nitrogens with zero attached hydrogens (tertiary/aromatic N) is 1. The first-order valence-corrected chi connectivity index (χ1v) is 7.72. The van der Waals surface area contributed by atoms with Crippen LogP contribution < -0.4 is 5.32 Å². The van der Waals surface area contributed by atoms with Crippen LogP contribution in [0.3, 0.4) is 0 Å². The van der Waals surface area contributed by atoms with Crippen molar-refractivity contribution in [2.45, 2.75) is 11.8 Å². The van der Waals surface area contributed by atoms with Gasteiger partial charge in [0.1, 0.15) is 0 Å². The Morgan fingerprint density at radius 3 is 2.53 bits per heavy atom. The van der Waals surface area contributed by atoms with Crippen molar-refractivity contribution < 1.29 is 8.42 Å². The van der Waals surface area contributed by atoms with Gasteiger partial charge in [0.2, 0.25) is 10.0 Å². The molecule has 1 aromatic rings. The third kappa shape index (κ3) is 2.70. The van der Waals surface area contributed by atoms with Crippen LogP contribution in [0.15, 0.2) is 27.6 Å². The first kappa shape index (κ1) is 13.0. The fourth-order valence-electron chi connectivity index (χ4n) is 1.93. The lowest BCUT2D eigenvalue weighted by molar-refractivity contribution is 0.360. The quantitative estimate of drug-likeness (QED) is 0.895. The zero-order valence-corrected chi connectivity index (χ0v) is 12.0. The van der Waals surface area contributed by atoms with Crippen molar-refractivity contribution >= 4 is 26.0 Å². The smallest absolute Gasteiger partial charge is 0.243 e. The molecule has 0 spiro atoms. The molecule has 94 valence electrons. The highest BCUT2D eigenvalue weighted by atomic mass is 79.9. The number of halogens is 1. The number of piperazine rings is 1. The molecule has 6 heteroatoms. The Balaban J connectivity index is 2.37. The fraction of sp³-hybridized carbons (Fsp3) is 0.455. The third-order valence-electron chi connectivity index (χ3n) is 2.83. The van der Waals surface area contributed by atoms with Gasteiger partial charge in [-0.3, -0.25) is 0 Å². The lowest BCUT2D eigenvalue weighted by Gasteiger charge is -2.27. The molecular weight excluding hydrogens is 304 g/mol. The van der Waals surface area contributed by atoms with Crippen LogP contribution in [0.5, 0.6) is 0 Å². The number of aryl methyl sites for hydroxylation is 1. The Bertz CT molecular complexity index is 510. The monoisotopic (exact) mass is 318 g/mol. The van der Waals surface area contributed by atoms with E-state index >= 15 is 0 Å². The van der Waals surface area contributed by atoms with E-state index in [1.807, 2.05) is 13.0 Å². The van der Waals surface area contributed by atoms with Crippen molar-refractivity contribution in [2.75, 3.05) is 26.2 Å². The molecule has 4 nitrogen and oxygen atoms in total. The maximum absolute atomic E-state index is 12.4. The minimum atomic E-state index is -3.34. The Kier molecular flexibility index (Phi) is 3.87. The molecule has 0 unspecified atom stereocenters. The molecule has 17 heavy (non-hydrogen) atoms. The summed E-state index contributed by atoms with van der Waals surface area (Å²) in [6.07, 6.45) is 0. The number of nitrogens with one attached hydrogen (secondary N) is 1. The van der Waals surface area contributed by atoms with Gasteiger partial charge in [-0.05, 0) is 30.7 Å². The number of rotatable bonds is 2. The van der Waals surface area contributed by atoms with Crippen LogP contribution in [0.4, 0.5) is 0 Å². The average Bonchev–Trinajstić information content (AvgIpc) is 2.29. The SMILES string of the molecule is Cc1cc(Br)ccc1S(=O)(=O)N1CCNCC1. The van der Waals surface area contributed by atoms with Gasteiger partial charge in [0, 0.05) is 30.7 Å². The van der Waals surface area contributed by atoms with Crippen LogP contribution in [0.25, 0.3) is 0 Å². The molecule has 1 aliphatic heterocycles. The normalized spacial score (nSPS) is 18.2. The van der Waals surface area contributed by atoms with E-state index in [0.29, 0.717) is 18.0 Å². The van der Waals surface area contributed by atoms with E-state index < -0.39 is 10.0 Å². The maximum Gasteiger partial charge on any atom is 0.243 e. The van der Waals surface area contributed by atoms with E-state index in [1.54, 1.807) is 16.4 Å². The van der Waals surface area contributed by atoms with E-state index in [9.17, 15) is 8.42 Å². The predicted octanol–water partition coefficient (Wildman–Crippen LogP) is 1.35. The summed E-state index contributed by atoms with van der Waals surface area (Å²) in [5, 5.41) is 3.15. The zero-order chi connectivity index (χ0) is 12.5. The number of sulfonamides is 1. The highest BCUT2D eigenvalue weighted by Crippen LogP contribution is 2.23. The number of hydrogen-bond donors (Lipinski definition) is 1. The molecule has 0 saturated carbocycles. The lowest BCUT2D eigenvalue weighted by Crippen LogP contribution is -2.46. The Morgan fingerprint density at radius 2 is 1.94 bits per heavy atom. The standard InChI is InChI=1S/C11H15BrN2O2S/c1-9-8-10(12)2-3-11(9)17(15,16)14-6-4-13-5-7-14/h2-3,8,13H,4-7H2,1H3. The van der Waals surface area contributed by atoms with Gasteiger partial charge in [0.25, 0.3) is 0 Å². The van der Waals surface area contributed by atoms with Crippen LogP contribution in [0.2, 0.25) is 0 Å². The second-order valence-electron chi connectivity index (χ2n) is 4.06. The molecule has 0 radical (unpaired) electrons. The predicted molar refractivity (Wildman–Crippen MR) is 70.5 cm³/mol. The van der Waals surface area contributed by atoms with Crippen molar-refractivity contribution in [2.24, 2.45) is 0 Å². The summed E-state index contributed by atoms with van der Waals surface area (Å²) in [5.74, 6) is 0. The maximum atomic E-state index is 12.4. The first-order valence-electron chi connectivity index (χ1n) is 5.49. The van der Waals surface area contributed by atoms with Crippen LogP contribution in [-0.2, 0) is 10.0 Å². The first-order chi connectivity index (χ1) is 8.01. The number of benzene rings is 1. The van der Waals surface area contributed by atoms with Crippen LogP contribution in [-0.4, -0.2) is 38.9 Å². The van der Waals surface area contributed by atoms with E-state index in [0.717, 1.165) is 23.1 Å². The summed E-state index contributed by atoms with van der Waals surface area (Å²) in [6, 6.07) is 5.26. The highest BCUT2D eigenvalue weighted by Gasteiger charge is 2.26. The molecule has 0 bridgehead atoms. The van der Waals surface area contributed by atoms with Crippen molar-refractivity contribution in [1.82, 2.24) is 9.62 Å². The molecule has 0 aromatic heterocycles. The van der Waals surface area contributed by atoms with Crippen LogP contribution in [0.1, 0.15) is 5.56 Å². The second kappa shape index (κ2) is 5.06. The summed E-state index contributed by atoms with van der Waals surface area (Å²) in [4.78, 5) is 0.405. The van der Waals surface area contributed by atoms with Crippen molar-refractivity contribution in [1.29, 1.82) is 0 Å². The van der Waals surface area contributed by atoms with Crippen molar-refractivity contribution in [3.8, 4) is 0 Å². The third-order valence-corrected chi connectivity index (χ3v) is 5.38. The van der Waals surface area contributed by atoms with Crippen LogP contribution in [0, 0.1) is 6.92 Å². The molecule has 1 aliphatic rings. The Labute approximate surface area is 110 Å². The van der Waals surface area contributed by atoms with Gasteiger partial charge in [-0.1, -0.05) is 15.9 Å². The fourth-order valence-corrected chi connectivity index (χ4v) is 4.05. The molecule has 1 aromatic carbocycles. The van der Waals surface area contributed by atoms with Gasteiger partial charge in [-0.25, -0.2) is 8.42 Å². The molecular formula is C11H15BrN2O2S. The van der Waals surface area contributed by atoms with Crippen molar-refractivity contribution in [3.05, 3.63) is 28.2 Å². The average molecular weight is 319 g/mol. The summed E-state index contributed by atoms with van der Waals surface area (Å²) in [6.45, 7) is 4.33. The van der Waals surface area contributed by atoms with Crippen molar-refractivity contribution in [3.63, 3.8) is 0 Å². The highest BCUT2D eigenvalue weighted by molar-refractivity contribution is 9.10. The molecule has 1 saturated heterocycles. The summed E-state index contributed by atoms with van der Waals surface area (Å²) in [7, 11) is -3.34. The van der Waals surface area contributed by atoms with Gasteiger partial charge in [0.05, 0.1) is 4.90 Å². The van der Waals surface area contributed by atoms with Gasteiger partial charge >= 0.3 is 0 Å². The molecule has 2 rings (SSSR count). The molecule has 1 fully saturated rings. The summed E-state index contributed by atoms with van der Waals surface area (Å²) >= 11 is 3.34. The van der Waals surface area contributed by atoms with E-state index in [4.69, 9.17) is 0 Å².